The van der Waals surface area contributed by atoms with Crippen LogP contribution in [0.4, 0.5) is 5.69 Å². The lowest BCUT2D eigenvalue weighted by Crippen LogP contribution is -2.42. The summed E-state index contributed by atoms with van der Waals surface area (Å²) < 4.78 is 0. The molecule has 0 spiro atoms. The molecule has 0 N–H and O–H groups in total. The van der Waals surface area contributed by atoms with E-state index in [-0.39, 0.29) is 16.2 Å². The van der Waals surface area contributed by atoms with Gasteiger partial charge in [0.15, 0.2) is 0 Å². The molecule has 0 unspecified atom stereocenters. The second-order valence-electron chi connectivity index (χ2n) is 9.05. The van der Waals surface area contributed by atoms with Crippen molar-refractivity contribution in [2.24, 2.45) is 5.41 Å². The van der Waals surface area contributed by atoms with Gasteiger partial charge < -0.3 is 4.90 Å². The van der Waals surface area contributed by atoms with Crippen LogP contribution in [0.3, 0.4) is 0 Å². The lowest BCUT2D eigenvalue weighted by atomic mass is 9.59. The van der Waals surface area contributed by atoms with E-state index in [2.05, 4.69) is 103 Å². The number of fused-ring (bicyclic) bond motifs is 1. The van der Waals surface area contributed by atoms with Gasteiger partial charge in [0.1, 0.15) is 0 Å². The van der Waals surface area contributed by atoms with Crippen LogP contribution in [-0.2, 0) is 10.8 Å². The molecule has 128 valence electrons. The standard InChI is InChI=1S/C23H31N/c1-21(2)18-14-13-16(15-19(18)22(3,4)23(21,5)6)17-11-9-10-12-20(17)24(7)8/h9-15H,1-8H3. The number of hydrogen-bond acceptors (Lipinski definition) is 1. The highest BCUT2D eigenvalue weighted by atomic mass is 15.1. The first-order valence-corrected chi connectivity index (χ1v) is 8.93. The summed E-state index contributed by atoms with van der Waals surface area (Å²) in [5, 5.41) is 0. The number of para-hydroxylation sites is 1. The van der Waals surface area contributed by atoms with Crippen LogP contribution in [0.5, 0.6) is 0 Å². The normalized spacial score (nSPS) is 19.8. The van der Waals surface area contributed by atoms with Crippen molar-refractivity contribution in [1.29, 1.82) is 0 Å². The van der Waals surface area contributed by atoms with E-state index in [4.69, 9.17) is 0 Å². The third-order valence-corrected chi connectivity index (χ3v) is 7.19. The van der Waals surface area contributed by atoms with E-state index >= 15 is 0 Å². The Morgan fingerprint density at radius 1 is 0.708 bits per heavy atom. The molecule has 1 aliphatic rings. The summed E-state index contributed by atoms with van der Waals surface area (Å²) in [4.78, 5) is 2.20. The van der Waals surface area contributed by atoms with Crippen molar-refractivity contribution >= 4 is 5.69 Å². The molecule has 0 radical (unpaired) electrons. The third-order valence-electron chi connectivity index (χ3n) is 7.19. The van der Waals surface area contributed by atoms with E-state index in [1.165, 1.54) is 27.9 Å². The molecule has 0 bridgehead atoms. The molecule has 2 aromatic carbocycles. The zero-order chi connectivity index (χ0) is 17.9. The largest absolute Gasteiger partial charge is 0.377 e. The fourth-order valence-electron chi connectivity index (χ4n) is 4.34. The number of nitrogens with zero attached hydrogens (tertiary/aromatic N) is 1. The van der Waals surface area contributed by atoms with Crippen molar-refractivity contribution in [2.45, 2.75) is 52.4 Å². The van der Waals surface area contributed by atoms with Crippen LogP contribution in [0.25, 0.3) is 11.1 Å². The van der Waals surface area contributed by atoms with Crippen molar-refractivity contribution in [3.8, 4) is 11.1 Å². The van der Waals surface area contributed by atoms with E-state index in [9.17, 15) is 0 Å². The fourth-order valence-corrected chi connectivity index (χ4v) is 4.34. The van der Waals surface area contributed by atoms with Crippen molar-refractivity contribution in [2.75, 3.05) is 19.0 Å². The van der Waals surface area contributed by atoms with Gasteiger partial charge in [-0.1, -0.05) is 77.9 Å². The van der Waals surface area contributed by atoms with Crippen LogP contribution in [0, 0.1) is 5.41 Å². The summed E-state index contributed by atoms with van der Waals surface area (Å²) in [5.74, 6) is 0. The Hall–Kier alpha value is -1.76. The van der Waals surface area contributed by atoms with E-state index < -0.39 is 0 Å². The molecule has 24 heavy (non-hydrogen) atoms. The molecule has 3 rings (SSSR count). The van der Waals surface area contributed by atoms with Gasteiger partial charge in [-0.3, -0.25) is 0 Å². The fraction of sp³-hybridized carbons (Fsp3) is 0.478. The van der Waals surface area contributed by atoms with Crippen LogP contribution in [0.2, 0.25) is 0 Å². The van der Waals surface area contributed by atoms with Crippen molar-refractivity contribution in [3.63, 3.8) is 0 Å². The molecule has 2 aromatic rings. The van der Waals surface area contributed by atoms with Gasteiger partial charge in [-0.2, -0.15) is 0 Å². The highest BCUT2D eigenvalue weighted by Gasteiger charge is 2.56. The van der Waals surface area contributed by atoms with Gasteiger partial charge >= 0.3 is 0 Å². The number of anilines is 1. The Bertz CT molecular complexity index is 778. The van der Waals surface area contributed by atoms with Crippen LogP contribution < -0.4 is 4.90 Å². The van der Waals surface area contributed by atoms with E-state index in [0.717, 1.165) is 0 Å². The zero-order valence-electron chi connectivity index (χ0n) is 16.5. The Morgan fingerprint density at radius 2 is 1.29 bits per heavy atom. The Balaban J connectivity index is 2.23. The summed E-state index contributed by atoms with van der Waals surface area (Å²) >= 11 is 0. The Kier molecular flexibility index (Phi) is 3.64. The molecule has 0 atom stereocenters. The zero-order valence-corrected chi connectivity index (χ0v) is 16.5. The molecule has 1 aliphatic carbocycles. The second kappa shape index (κ2) is 5.12. The van der Waals surface area contributed by atoms with E-state index in [0.29, 0.717) is 0 Å². The molecule has 0 saturated carbocycles. The minimum atomic E-state index is 0.148. The predicted octanol–water partition coefficient (Wildman–Crippen LogP) is 6.01. The smallest absolute Gasteiger partial charge is 0.0440 e. The van der Waals surface area contributed by atoms with Gasteiger partial charge in [0.2, 0.25) is 0 Å². The molecule has 0 aromatic heterocycles. The maximum absolute atomic E-state index is 2.44. The van der Waals surface area contributed by atoms with Gasteiger partial charge in [-0.15, -0.1) is 0 Å². The molecule has 0 saturated heterocycles. The van der Waals surface area contributed by atoms with Gasteiger partial charge in [0, 0.05) is 25.3 Å². The van der Waals surface area contributed by atoms with Crippen LogP contribution in [-0.4, -0.2) is 14.1 Å². The lowest BCUT2D eigenvalue weighted by molar-refractivity contribution is 0.125. The highest BCUT2D eigenvalue weighted by Crippen LogP contribution is 2.61. The van der Waals surface area contributed by atoms with E-state index in [1.807, 2.05) is 0 Å². The molecule has 0 amide bonds. The lowest BCUT2D eigenvalue weighted by Gasteiger charge is -2.44. The molecular formula is C23H31N. The summed E-state index contributed by atoms with van der Waals surface area (Å²) in [5.41, 5.74) is 7.43. The van der Waals surface area contributed by atoms with Crippen molar-refractivity contribution in [1.82, 2.24) is 0 Å². The minimum absolute atomic E-state index is 0.148. The predicted molar refractivity (Wildman–Crippen MR) is 106 cm³/mol. The summed E-state index contributed by atoms with van der Waals surface area (Å²) in [6.07, 6.45) is 0. The Morgan fingerprint density at radius 3 is 1.92 bits per heavy atom. The van der Waals surface area contributed by atoms with E-state index in [1.54, 1.807) is 0 Å². The first kappa shape index (κ1) is 17.1. The summed E-state index contributed by atoms with van der Waals surface area (Å²) in [7, 11) is 4.23. The molecular weight excluding hydrogens is 290 g/mol. The summed E-state index contributed by atoms with van der Waals surface area (Å²) in [6.45, 7) is 14.4. The minimum Gasteiger partial charge on any atom is -0.377 e. The topological polar surface area (TPSA) is 3.24 Å². The molecule has 0 aliphatic heterocycles. The van der Waals surface area contributed by atoms with Crippen LogP contribution in [0.1, 0.15) is 52.7 Å². The van der Waals surface area contributed by atoms with Crippen LogP contribution >= 0.6 is 0 Å². The maximum atomic E-state index is 2.44. The number of hydrogen-bond donors (Lipinski definition) is 0. The average molecular weight is 322 g/mol. The van der Waals surface area contributed by atoms with Gasteiger partial charge in [-0.25, -0.2) is 0 Å². The number of rotatable bonds is 2. The average Bonchev–Trinajstić information content (AvgIpc) is 2.63. The van der Waals surface area contributed by atoms with Crippen molar-refractivity contribution in [3.05, 3.63) is 53.6 Å². The SMILES string of the molecule is CN(C)c1ccccc1-c1ccc2c(c1)C(C)(C)C(C)(C)C2(C)C. The third kappa shape index (κ3) is 2.06. The Labute approximate surface area is 147 Å². The molecule has 1 heteroatoms. The first-order valence-electron chi connectivity index (χ1n) is 8.93. The monoisotopic (exact) mass is 321 g/mol. The highest BCUT2D eigenvalue weighted by molar-refractivity contribution is 5.79. The second-order valence-corrected chi connectivity index (χ2v) is 9.05. The molecule has 0 fully saturated rings. The van der Waals surface area contributed by atoms with Crippen molar-refractivity contribution < 1.29 is 0 Å². The maximum Gasteiger partial charge on any atom is 0.0440 e. The van der Waals surface area contributed by atoms with Gasteiger partial charge in [0.25, 0.3) is 0 Å². The quantitative estimate of drug-likeness (QED) is 0.654. The summed E-state index contributed by atoms with van der Waals surface area (Å²) in [6, 6.07) is 15.8. The number of benzene rings is 2. The van der Waals surface area contributed by atoms with Gasteiger partial charge in [-0.05, 0) is 39.0 Å². The first-order chi connectivity index (χ1) is 11.0. The molecule has 0 heterocycles. The molecule has 1 nitrogen and oxygen atoms in total. The van der Waals surface area contributed by atoms with Gasteiger partial charge in [0.05, 0.1) is 0 Å². The van der Waals surface area contributed by atoms with Crippen LogP contribution in [0.15, 0.2) is 42.5 Å².